The normalized spacial score (nSPS) is 31.1. The summed E-state index contributed by atoms with van der Waals surface area (Å²) in [5.74, 6) is 4.63. The summed E-state index contributed by atoms with van der Waals surface area (Å²) in [5, 5.41) is 4.11. The van der Waals surface area contributed by atoms with Crippen LogP contribution in [-0.2, 0) is 0 Å². The van der Waals surface area contributed by atoms with Crippen molar-refractivity contribution in [1.29, 1.82) is 0 Å². The topological polar surface area (TPSA) is 38.0 Å². The van der Waals surface area contributed by atoms with Crippen molar-refractivity contribution in [3.8, 4) is 0 Å². The van der Waals surface area contributed by atoms with Gasteiger partial charge >= 0.3 is 0 Å². The highest BCUT2D eigenvalue weighted by Gasteiger charge is 2.56. The summed E-state index contributed by atoms with van der Waals surface area (Å²) < 4.78 is 0. The number of nitrogen functional groups attached to an aromatic ring is 1. The van der Waals surface area contributed by atoms with Crippen molar-refractivity contribution >= 4 is 5.69 Å². The summed E-state index contributed by atoms with van der Waals surface area (Å²) in [6.07, 6.45) is 11.6. The van der Waals surface area contributed by atoms with Gasteiger partial charge in [0.25, 0.3) is 0 Å². The lowest BCUT2D eigenvalue weighted by Crippen LogP contribution is -2.56. The molecule has 0 heterocycles. The van der Waals surface area contributed by atoms with E-state index in [1.54, 1.807) is 0 Å². The van der Waals surface area contributed by atoms with Crippen LogP contribution in [0.15, 0.2) is 91.0 Å². The van der Waals surface area contributed by atoms with Gasteiger partial charge in [-0.1, -0.05) is 113 Å². The molecule has 41 heavy (non-hydrogen) atoms. The molecule has 2 nitrogen and oxygen atoms in total. The molecule has 0 radical (unpaired) electrons. The Morgan fingerprint density at radius 1 is 0.756 bits per heavy atom. The van der Waals surface area contributed by atoms with Gasteiger partial charge in [-0.2, -0.15) is 0 Å². The first-order valence-electron chi connectivity index (χ1n) is 16.4. The van der Waals surface area contributed by atoms with Crippen molar-refractivity contribution in [3.05, 3.63) is 102 Å². The van der Waals surface area contributed by atoms with E-state index in [-0.39, 0.29) is 6.04 Å². The van der Waals surface area contributed by atoms with Gasteiger partial charge in [-0.05, 0) is 109 Å². The predicted molar refractivity (Wildman–Crippen MR) is 176 cm³/mol. The van der Waals surface area contributed by atoms with Gasteiger partial charge in [-0.3, -0.25) is 0 Å². The first-order chi connectivity index (χ1) is 19.8. The number of para-hydroxylation sites is 1. The van der Waals surface area contributed by atoms with Gasteiger partial charge in [-0.25, -0.2) is 0 Å². The number of benzene rings is 3. The summed E-state index contributed by atoms with van der Waals surface area (Å²) in [6.45, 7) is 11.4. The van der Waals surface area contributed by atoms with Gasteiger partial charge in [0, 0.05) is 12.2 Å². The highest BCUT2D eigenvalue weighted by atomic mass is 14.9. The summed E-state index contributed by atoms with van der Waals surface area (Å²) in [5.41, 5.74) is 9.86. The Kier molecular flexibility index (Phi) is 9.59. The largest absolute Gasteiger partial charge is 0.399 e. The number of rotatable bonds is 6. The molecular formula is C39H54N2. The lowest BCUT2D eigenvalue weighted by Gasteiger charge is -2.62. The Bertz CT molecular complexity index is 1150. The average Bonchev–Trinajstić information content (AvgIpc) is 2.99. The van der Waals surface area contributed by atoms with Gasteiger partial charge in [0.15, 0.2) is 0 Å². The van der Waals surface area contributed by atoms with Crippen LogP contribution >= 0.6 is 0 Å². The zero-order chi connectivity index (χ0) is 28.9. The maximum absolute atomic E-state index is 5.36. The maximum Gasteiger partial charge on any atom is 0.0576 e. The van der Waals surface area contributed by atoms with E-state index in [0.29, 0.717) is 10.8 Å². The van der Waals surface area contributed by atoms with Crippen LogP contribution in [0.5, 0.6) is 0 Å². The molecule has 3 aromatic carbocycles. The molecule has 2 heteroatoms. The molecule has 6 unspecified atom stereocenters. The number of fused-ring (bicyclic) bond motifs is 3. The smallest absolute Gasteiger partial charge is 0.0576 e. The standard InChI is InChI=1S/C33H47N.C6H7N/c1-24(2)27-16-18-29-28(22-27)17-19-30-32(3,20-11-21-33(29,30)4)23-34-31(25-12-7-5-8-13-25)26-14-9-6-10-15-26;7-6-4-2-1-3-5-6/h5-10,12-15,24,27-31,34H,11,16-23H2,1-4H3;1-5H,7H2. The molecule has 0 aliphatic heterocycles. The second-order valence-corrected chi connectivity index (χ2v) is 14.4. The molecule has 0 spiro atoms. The molecule has 3 N–H and O–H groups in total. The molecule has 6 rings (SSSR count). The van der Waals surface area contributed by atoms with Crippen molar-refractivity contribution in [3.63, 3.8) is 0 Å². The molecule has 220 valence electrons. The van der Waals surface area contributed by atoms with E-state index < -0.39 is 0 Å². The van der Waals surface area contributed by atoms with Crippen LogP contribution in [0.2, 0.25) is 0 Å². The van der Waals surface area contributed by atoms with Crippen LogP contribution < -0.4 is 11.1 Å². The zero-order valence-corrected chi connectivity index (χ0v) is 26.1. The van der Waals surface area contributed by atoms with Gasteiger partial charge in [-0.15, -0.1) is 0 Å². The van der Waals surface area contributed by atoms with Crippen molar-refractivity contribution in [1.82, 2.24) is 5.32 Å². The minimum atomic E-state index is 0.269. The van der Waals surface area contributed by atoms with Crippen LogP contribution in [0.25, 0.3) is 0 Å². The van der Waals surface area contributed by atoms with E-state index in [2.05, 4.69) is 93.7 Å². The number of nitrogens with one attached hydrogen (secondary N) is 1. The molecule has 3 aliphatic rings. The molecule has 0 bridgehead atoms. The number of nitrogens with two attached hydrogens (primary N) is 1. The number of anilines is 1. The lowest BCUT2D eigenvalue weighted by molar-refractivity contribution is -0.122. The zero-order valence-electron chi connectivity index (χ0n) is 26.1. The summed E-state index contributed by atoms with van der Waals surface area (Å²) >= 11 is 0. The maximum atomic E-state index is 5.36. The fourth-order valence-electron chi connectivity index (χ4n) is 9.33. The quantitative estimate of drug-likeness (QED) is 0.300. The molecule has 0 aromatic heterocycles. The molecule has 3 aromatic rings. The molecule has 0 amide bonds. The number of hydrogen-bond acceptors (Lipinski definition) is 2. The van der Waals surface area contributed by atoms with E-state index in [1.165, 1.54) is 62.5 Å². The van der Waals surface area contributed by atoms with Crippen LogP contribution in [-0.4, -0.2) is 6.54 Å². The Balaban J connectivity index is 0.000000423. The minimum Gasteiger partial charge on any atom is -0.399 e. The Morgan fingerprint density at radius 2 is 1.34 bits per heavy atom. The fraction of sp³-hybridized carbons (Fsp3) is 0.538. The van der Waals surface area contributed by atoms with Crippen LogP contribution in [0.1, 0.15) is 96.2 Å². The Morgan fingerprint density at radius 3 is 1.88 bits per heavy atom. The van der Waals surface area contributed by atoms with Crippen LogP contribution in [0.3, 0.4) is 0 Å². The van der Waals surface area contributed by atoms with E-state index in [0.717, 1.165) is 41.8 Å². The second kappa shape index (κ2) is 13.2. The summed E-state index contributed by atoms with van der Waals surface area (Å²) in [4.78, 5) is 0. The van der Waals surface area contributed by atoms with Crippen LogP contribution in [0.4, 0.5) is 5.69 Å². The average molecular weight is 551 g/mol. The van der Waals surface area contributed by atoms with Gasteiger partial charge in [0.05, 0.1) is 6.04 Å². The van der Waals surface area contributed by atoms with Gasteiger partial charge in [0.2, 0.25) is 0 Å². The van der Waals surface area contributed by atoms with E-state index in [1.807, 2.05) is 30.3 Å². The monoisotopic (exact) mass is 550 g/mol. The van der Waals surface area contributed by atoms with Crippen molar-refractivity contribution in [2.24, 2.45) is 40.4 Å². The van der Waals surface area contributed by atoms with Gasteiger partial charge in [0.1, 0.15) is 0 Å². The summed E-state index contributed by atoms with van der Waals surface area (Å²) in [6, 6.07) is 31.9. The molecule has 0 saturated heterocycles. The van der Waals surface area contributed by atoms with E-state index in [9.17, 15) is 0 Å². The van der Waals surface area contributed by atoms with Crippen molar-refractivity contribution in [2.45, 2.75) is 85.1 Å². The van der Waals surface area contributed by atoms with E-state index >= 15 is 0 Å². The van der Waals surface area contributed by atoms with Crippen LogP contribution in [0, 0.1) is 40.4 Å². The predicted octanol–water partition coefficient (Wildman–Crippen LogP) is 9.93. The molecular weight excluding hydrogens is 496 g/mol. The lowest BCUT2D eigenvalue weighted by atomic mass is 9.43. The first-order valence-corrected chi connectivity index (χ1v) is 16.4. The third kappa shape index (κ3) is 6.75. The van der Waals surface area contributed by atoms with E-state index in [4.69, 9.17) is 5.73 Å². The van der Waals surface area contributed by atoms with Crippen molar-refractivity contribution in [2.75, 3.05) is 12.3 Å². The highest BCUT2D eigenvalue weighted by molar-refractivity contribution is 5.36. The minimum absolute atomic E-state index is 0.269. The molecule has 3 saturated carbocycles. The molecule has 3 aliphatic carbocycles. The van der Waals surface area contributed by atoms with Crippen molar-refractivity contribution < 1.29 is 0 Å². The third-order valence-corrected chi connectivity index (χ3v) is 11.5. The second-order valence-electron chi connectivity index (χ2n) is 14.4. The summed E-state index contributed by atoms with van der Waals surface area (Å²) in [7, 11) is 0. The highest BCUT2D eigenvalue weighted by Crippen LogP contribution is 2.64. The fourth-order valence-corrected chi connectivity index (χ4v) is 9.33. The molecule has 3 fully saturated rings. The Hall–Kier alpha value is -2.58. The Labute approximate surface area is 250 Å². The van der Waals surface area contributed by atoms with Gasteiger partial charge < -0.3 is 11.1 Å². The third-order valence-electron chi connectivity index (χ3n) is 11.5. The first kappa shape index (κ1) is 29.9. The molecule has 6 atom stereocenters. The number of hydrogen-bond donors (Lipinski definition) is 2. The SMILES string of the molecule is CC(C)C1CCC2C(CCC3C(C)(CNC(c4ccccc4)c4ccccc4)CCCC23C)C1.Nc1ccccc1.